The summed E-state index contributed by atoms with van der Waals surface area (Å²) >= 11 is 0. The summed E-state index contributed by atoms with van der Waals surface area (Å²) in [7, 11) is 0. The maximum atomic E-state index is 11.1. The van der Waals surface area contributed by atoms with Gasteiger partial charge < -0.3 is 10.1 Å². The van der Waals surface area contributed by atoms with Gasteiger partial charge in [0.1, 0.15) is 0 Å². The predicted molar refractivity (Wildman–Crippen MR) is 53.6 cm³/mol. The van der Waals surface area contributed by atoms with Crippen molar-refractivity contribution in [3.63, 3.8) is 0 Å². The third-order valence-corrected chi connectivity index (χ3v) is 1.85. The third-order valence-electron chi connectivity index (χ3n) is 1.85. The van der Waals surface area contributed by atoms with Crippen molar-refractivity contribution < 1.29 is 9.53 Å². The monoisotopic (exact) mass is 187 g/mol. The summed E-state index contributed by atoms with van der Waals surface area (Å²) in [6.07, 6.45) is 2.34. The molecule has 78 valence electrons. The standard InChI is InChI=1S/C10H21NO2/c1-4-6-7-11-8-9(3)10(12)13-5-2/h9,11H,4-8H2,1-3H3. The number of ether oxygens (including phenoxy) is 1. The number of esters is 1. The van der Waals surface area contributed by atoms with E-state index in [2.05, 4.69) is 12.2 Å². The summed E-state index contributed by atoms with van der Waals surface area (Å²) in [5.74, 6) is -0.136. The van der Waals surface area contributed by atoms with Crippen LogP contribution in [0, 0.1) is 5.92 Å². The van der Waals surface area contributed by atoms with Gasteiger partial charge in [0.2, 0.25) is 0 Å². The highest BCUT2D eigenvalue weighted by Gasteiger charge is 2.12. The number of hydrogen-bond acceptors (Lipinski definition) is 3. The maximum absolute atomic E-state index is 11.1. The molecule has 0 aliphatic heterocycles. The summed E-state index contributed by atoms with van der Waals surface area (Å²) in [4.78, 5) is 11.1. The Morgan fingerprint density at radius 2 is 2.15 bits per heavy atom. The average Bonchev–Trinajstić information content (AvgIpc) is 2.12. The van der Waals surface area contributed by atoms with Crippen molar-refractivity contribution in [1.29, 1.82) is 0 Å². The van der Waals surface area contributed by atoms with Crippen molar-refractivity contribution >= 4 is 5.97 Å². The van der Waals surface area contributed by atoms with E-state index in [4.69, 9.17) is 4.74 Å². The van der Waals surface area contributed by atoms with Crippen molar-refractivity contribution in [2.24, 2.45) is 5.92 Å². The van der Waals surface area contributed by atoms with Crippen LogP contribution in [0.2, 0.25) is 0 Å². The highest BCUT2D eigenvalue weighted by molar-refractivity contribution is 5.72. The zero-order valence-corrected chi connectivity index (χ0v) is 8.93. The minimum Gasteiger partial charge on any atom is -0.466 e. The van der Waals surface area contributed by atoms with E-state index in [-0.39, 0.29) is 11.9 Å². The van der Waals surface area contributed by atoms with E-state index in [1.807, 2.05) is 13.8 Å². The average molecular weight is 187 g/mol. The number of carbonyl (C=O) groups is 1. The van der Waals surface area contributed by atoms with Crippen LogP contribution in [-0.2, 0) is 9.53 Å². The molecule has 0 aliphatic rings. The molecule has 0 bridgehead atoms. The van der Waals surface area contributed by atoms with E-state index in [0.29, 0.717) is 6.61 Å². The Hall–Kier alpha value is -0.570. The van der Waals surface area contributed by atoms with Gasteiger partial charge in [-0.15, -0.1) is 0 Å². The second-order valence-electron chi connectivity index (χ2n) is 3.21. The van der Waals surface area contributed by atoms with Crippen LogP contribution in [0.5, 0.6) is 0 Å². The predicted octanol–water partition coefficient (Wildman–Crippen LogP) is 1.58. The number of unbranched alkanes of at least 4 members (excludes halogenated alkanes) is 1. The summed E-state index contributed by atoms with van der Waals surface area (Å²) < 4.78 is 4.88. The lowest BCUT2D eigenvalue weighted by atomic mass is 10.2. The van der Waals surface area contributed by atoms with E-state index >= 15 is 0 Å². The molecule has 3 heteroatoms. The topological polar surface area (TPSA) is 38.3 Å². The first kappa shape index (κ1) is 12.4. The molecular formula is C10H21NO2. The molecule has 0 radical (unpaired) electrons. The Bertz CT molecular complexity index is 137. The first-order chi connectivity index (χ1) is 6.22. The van der Waals surface area contributed by atoms with Gasteiger partial charge >= 0.3 is 5.97 Å². The third kappa shape index (κ3) is 6.58. The molecule has 0 aliphatic carbocycles. The minimum atomic E-state index is -0.105. The number of nitrogens with one attached hydrogen (secondary N) is 1. The Balaban J connectivity index is 3.38. The fraction of sp³-hybridized carbons (Fsp3) is 0.900. The van der Waals surface area contributed by atoms with Crippen molar-refractivity contribution in [3.8, 4) is 0 Å². The second-order valence-corrected chi connectivity index (χ2v) is 3.21. The Kier molecular flexibility index (Phi) is 7.69. The highest BCUT2D eigenvalue weighted by Crippen LogP contribution is 1.96. The zero-order chi connectivity index (χ0) is 10.1. The number of hydrogen-bond donors (Lipinski definition) is 1. The van der Waals surface area contributed by atoms with Gasteiger partial charge in [-0.25, -0.2) is 0 Å². The molecule has 13 heavy (non-hydrogen) atoms. The van der Waals surface area contributed by atoms with Gasteiger partial charge in [0.25, 0.3) is 0 Å². The molecule has 1 unspecified atom stereocenters. The molecule has 0 aromatic heterocycles. The molecule has 0 fully saturated rings. The molecule has 0 aromatic rings. The van der Waals surface area contributed by atoms with Gasteiger partial charge in [0.05, 0.1) is 12.5 Å². The fourth-order valence-electron chi connectivity index (χ4n) is 0.988. The minimum absolute atomic E-state index is 0.0307. The maximum Gasteiger partial charge on any atom is 0.309 e. The molecule has 3 nitrogen and oxygen atoms in total. The number of carbonyl (C=O) groups excluding carboxylic acids is 1. The van der Waals surface area contributed by atoms with Crippen molar-refractivity contribution in [2.75, 3.05) is 19.7 Å². The smallest absolute Gasteiger partial charge is 0.309 e. The lowest BCUT2D eigenvalue weighted by Gasteiger charge is -2.10. The summed E-state index contributed by atoms with van der Waals surface area (Å²) in [5.41, 5.74) is 0. The van der Waals surface area contributed by atoms with E-state index in [1.54, 1.807) is 0 Å². The first-order valence-corrected chi connectivity index (χ1v) is 5.09. The van der Waals surface area contributed by atoms with Crippen LogP contribution in [0.4, 0.5) is 0 Å². The summed E-state index contributed by atoms with van der Waals surface area (Å²) in [5, 5.41) is 3.22. The molecule has 0 spiro atoms. The van der Waals surface area contributed by atoms with Crippen LogP contribution in [-0.4, -0.2) is 25.7 Å². The van der Waals surface area contributed by atoms with E-state index in [1.165, 1.54) is 6.42 Å². The van der Waals surface area contributed by atoms with Gasteiger partial charge in [-0.3, -0.25) is 4.79 Å². The van der Waals surface area contributed by atoms with Crippen molar-refractivity contribution in [2.45, 2.75) is 33.6 Å². The molecule has 0 rings (SSSR count). The molecule has 0 amide bonds. The van der Waals surface area contributed by atoms with Gasteiger partial charge in [0, 0.05) is 6.54 Å². The highest BCUT2D eigenvalue weighted by atomic mass is 16.5. The van der Waals surface area contributed by atoms with Crippen LogP contribution in [0.15, 0.2) is 0 Å². The summed E-state index contributed by atoms with van der Waals surface area (Å²) in [6, 6.07) is 0. The summed E-state index contributed by atoms with van der Waals surface area (Å²) in [6.45, 7) is 8.04. The van der Waals surface area contributed by atoms with Crippen LogP contribution in [0.3, 0.4) is 0 Å². The molecule has 0 heterocycles. The van der Waals surface area contributed by atoms with Crippen LogP contribution in [0.1, 0.15) is 33.6 Å². The molecule has 1 N–H and O–H groups in total. The van der Waals surface area contributed by atoms with Gasteiger partial charge in [-0.05, 0) is 19.9 Å². The Labute approximate surface area is 80.8 Å². The van der Waals surface area contributed by atoms with Gasteiger partial charge in [-0.1, -0.05) is 20.3 Å². The van der Waals surface area contributed by atoms with Gasteiger partial charge in [0.15, 0.2) is 0 Å². The van der Waals surface area contributed by atoms with E-state index in [0.717, 1.165) is 19.5 Å². The SMILES string of the molecule is CCCCNCC(C)C(=O)OCC. The second kappa shape index (κ2) is 8.05. The Morgan fingerprint density at radius 1 is 1.46 bits per heavy atom. The normalized spacial score (nSPS) is 12.5. The zero-order valence-electron chi connectivity index (χ0n) is 8.93. The van der Waals surface area contributed by atoms with E-state index in [9.17, 15) is 4.79 Å². The van der Waals surface area contributed by atoms with Gasteiger partial charge in [-0.2, -0.15) is 0 Å². The lowest BCUT2D eigenvalue weighted by Crippen LogP contribution is -2.28. The fourth-order valence-corrected chi connectivity index (χ4v) is 0.988. The van der Waals surface area contributed by atoms with Crippen LogP contribution in [0.25, 0.3) is 0 Å². The molecule has 0 saturated carbocycles. The molecule has 0 aromatic carbocycles. The number of rotatable bonds is 7. The quantitative estimate of drug-likeness (QED) is 0.485. The largest absolute Gasteiger partial charge is 0.466 e. The van der Waals surface area contributed by atoms with Crippen molar-refractivity contribution in [1.82, 2.24) is 5.32 Å². The van der Waals surface area contributed by atoms with Crippen LogP contribution < -0.4 is 5.32 Å². The Morgan fingerprint density at radius 3 is 2.69 bits per heavy atom. The molecule has 1 atom stereocenters. The lowest BCUT2D eigenvalue weighted by molar-refractivity contribution is -0.147. The van der Waals surface area contributed by atoms with Crippen LogP contribution >= 0.6 is 0 Å². The molecule has 0 saturated heterocycles. The molecular weight excluding hydrogens is 166 g/mol. The first-order valence-electron chi connectivity index (χ1n) is 5.09. The van der Waals surface area contributed by atoms with Crippen molar-refractivity contribution in [3.05, 3.63) is 0 Å². The van der Waals surface area contributed by atoms with E-state index < -0.39 is 0 Å².